The SMILES string of the molecule is COc1cc2c(cc1OC)[C@@H](C)N(S(=O)(=O)c1cccc(Cl)c1)CC2. The van der Waals surface area contributed by atoms with Crippen molar-refractivity contribution in [2.75, 3.05) is 20.8 Å². The molecule has 0 aromatic heterocycles. The molecule has 0 unspecified atom stereocenters. The van der Waals surface area contributed by atoms with Gasteiger partial charge in [0.1, 0.15) is 0 Å². The average molecular weight is 382 g/mol. The van der Waals surface area contributed by atoms with Crippen molar-refractivity contribution in [1.82, 2.24) is 4.31 Å². The molecule has 2 aromatic carbocycles. The van der Waals surface area contributed by atoms with Gasteiger partial charge < -0.3 is 9.47 Å². The lowest BCUT2D eigenvalue weighted by Gasteiger charge is -2.34. The fraction of sp³-hybridized carbons (Fsp3) is 0.333. The van der Waals surface area contributed by atoms with E-state index in [2.05, 4.69) is 0 Å². The third-order valence-corrected chi connectivity index (χ3v) is 6.73. The Labute approximate surface area is 153 Å². The number of fused-ring (bicyclic) bond motifs is 1. The van der Waals surface area contributed by atoms with Gasteiger partial charge in [0, 0.05) is 17.6 Å². The van der Waals surface area contributed by atoms with Gasteiger partial charge in [0.05, 0.1) is 19.1 Å². The zero-order valence-corrected chi connectivity index (χ0v) is 15.9. The summed E-state index contributed by atoms with van der Waals surface area (Å²) in [6, 6.07) is 9.82. The molecule has 0 spiro atoms. The molecule has 0 saturated carbocycles. The van der Waals surface area contributed by atoms with Gasteiger partial charge in [0.25, 0.3) is 0 Å². The molecule has 7 heteroatoms. The second-order valence-electron chi connectivity index (χ2n) is 5.91. The molecule has 0 fully saturated rings. The summed E-state index contributed by atoms with van der Waals surface area (Å²) in [6.45, 7) is 2.28. The first-order chi connectivity index (χ1) is 11.9. The number of benzene rings is 2. The smallest absolute Gasteiger partial charge is 0.243 e. The van der Waals surface area contributed by atoms with Crippen LogP contribution in [0, 0.1) is 0 Å². The molecule has 1 atom stereocenters. The standard InChI is InChI=1S/C18H20ClNO4S/c1-12-16-11-18(24-3)17(23-2)9-13(16)7-8-20(12)25(21,22)15-6-4-5-14(19)10-15/h4-6,9-12H,7-8H2,1-3H3/t12-/m1/s1. The van der Waals surface area contributed by atoms with Gasteiger partial charge in [-0.2, -0.15) is 4.31 Å². The van der Waals surface area contributed by atoms with Crippen LogP contribution in [0.5, 0.6) is 11.5 Å². The first-order valence-corrected chi connectivity index (χ1v) is 9.72. The largest absolute Gasteiger partial charge is 0.493 e. The van der Waals surface area contributed by atoms with Gasteiger partial charge in [-0.1, -0.05) is 17.7 Å². The van der Waals surface area contributed by atoms with Crippen molar-refractivity contribution < 1.29 is 17.9 Å². The number of rotatable bonds is 4. The quantitative estimate of drug-likeness (QED) is 0.810. The molecule has 0 bridgehead atoms. The molecule has 0 saturated heterocycles. The summed E-state index contributed by atoms with van der Waals surface area (Å²) in [7, 11) is -0.478. The van der Waals surface area contributed by atoms with Crippen molar-refractivity contribution in [3.63, 3.8) is 0 Å². The molecule has 1 heterocycles. The van der Waals surface area contributed by atoms with Crippen molar-refractivity contribution in [2.45, 2.75) is 24.3 Å². The van der Waals surface area contributed by atoms with E-state index in [1.165, 1.54) is 10.4 Å². The molecule has 134 valence electrons. The van der Waals surface area contributed by atoms with E-state index in [0.717, 1.165) is 11.1 Å². The molecule has 0 amide bonds. The highest BCUT2D eigenvalue weighted by Crippen LogP contribution is 2.39. The topological polar surface area (TPSA) is 55.8 Å². The van der Waals surface area contributed by atoms with Crippen LogP contribution in [-0.4, -0.2) is 33.5 Å². The first-order valence-electron chi connectivity index (χ1n) is 7.90. The number of hydrogen-bond acceptors (Lipinski definition) is 4. The number of methoxy groups -OCH3 is 2. The summed E-state index contributed by atoms with van der Waals surface area (Å²) in [5, 5.41) is 0.401. The lowest BCUT2D eigenvalue weighted by molar-refractivity contribution is 0.319. The van der Waals surface area contributed by atoms with Crippen LogP contribution in [0.4, 0.5) is 0 Å². The molecule has 1 aliphatic rings. The summed E-state index contributed by atoms with van der Waals surface area (Å²) in [5.41, 5.74) is 2.00. The van der Waals surface area contributed by atoms with E-state index in [4.69, 9.17) is 21.1 Å². The third kappa shape index (κ3) is 3.21. The molecule has 2 aromatic rings. The van der Waals surface area contributed by atoms with E-state index >= 15 is 0 Å². The molecule has 0 N–H and O–H groups in total. The maximum absolute atomic E-state index is 13.0. The number of hydrogen-bond donors (Lipinski definition) is 0. The van der Waals surface area contributed by atoms with Gasteiger partial charge in [-0.15, -0.1) is 0 Å². The summed E-state index contributed by atoms with van der Waals surface area (Å²) in [6.07, 6.45) is 0.611. The highest BCUT2D eigenvalue weighted by Gasteiger charge is 2.34. The predicted molar refractivity (Wildman–Crippen MR) is 97.0 cm³/mol. The highest BCUT2D eigenvalue weighted by molar-refractivity contribution is 7.89. The second kappa shape index (κ2) is 6.86. The van der Waals surface area contributed by atoms with E-state index in [1.54, 1.807) is 32.4 Å². The molecule has 1 aliphatic heterocycles. The van der Waals surface area contributed by atoms with E-state index in [0.29, 0.717) is 29.5 Å². The molecule has 0 radical (unpaired) electrons. The van der Waals surface area contributed by atoms with E-state index in [9.17, 15) is 8.42 Å². The second-order valence-corrected chi connectivity index (χ2v) is 8.23. The maximum Gasteiger partial charge on any atom is 0.243 e. The van der Waals surface area contributed by atoms with Crippen molar-refractivity contribution in [2.24, 2.45) is 0 Å². The van der Waals surface area contributed by atoms with Crippen molar-refractivity contribution >= 4 is 21.6 Å². The third-order valence-electron chi connectivity index (χ3n) is 4.53. The summed E-state index contributed by atoms with van der Waals surface area (Å²) in [5.74, 6) is 1.25. The Morgan fingerprint density at radius 3 is 2.44 bits per heavy atom. The van der Waals surface area contributed by atoms with Crippen molar-refractivity contribution in [3.05, 3.63) is 52.5 Å². The normalized spacial score (nSPS) is 17.8. The monoisotopic (exact) mass is 381 g/mol. The Kier molecular flexibility index (Phi) is 4.95. The van der Waals surface area contributed by atoms with Gasteiger partial charge in [0.15, 0.2) is 11.5 Å². The fourth-order valence-corrected chi connectivity index (χ4v) is 5.13. The van der Waals surface area contributed by atoms with Crippen LogP contribution < -0.4 is 9.47 Å². The zero-order valence-electron chi connectivity index (χ0n) is 14.3. The molecule has 0 aliphatic carbocycles. The van der Waals surface area contributed by atoms with Gasteiger partial charge in [0.2, 0.25) is 10.0 Å². The molecule has 5 nitrogen and oxygen atoms in total. The van der Waals surface area contributed by atoms with E-state index in [-0.39, 0.29) is 10.9 Å². The lowest BCUT2D eigenvalue weighted by Crippen LogP contribution is -2.38. The molecular formula is C18H20ClNO4S. The number of ether oxygens (including phenoxy) is 2. The van der Waals surface area contributed by atoms with Gasteiger partial charge >= 0.3 is 0 Å². The van der Waals surface area contributed by atoms with Gasteiger partial charge in [-0.25, -0.2) is 8.42 Å². The minimum absolute atomic E-state index is 0.204. The van der Waals surface area contributed by atoms with E-state index < -0.39 is 10.0 Å². The first kappa shape index (κ1) is 18.0. The zero-order chi connectivity index (χ0) is 18.2. The Hall–Kier alpha value is -1.76. The fourth-order valence-electron chi connectivity index (χ4n) is 3.21. The summed E-state index contributed by atoms with van der Waals surface area (Å²) < 4.78 is 38.3. The van der Waals surface area contributed by atoms with Crippen LogP contribution in [0.25, 0.3) is 0 Å². The van der Waals surface area contributed by atoms with Crippen LogP contribution in [0.1, 0.15) is 24.1 Å². The molecular weight excluding hydrogens is 362 g/mol. The Balaban J connectivity index is 2.02. The van der Waals surface area contributed by atoms with Crippen molar-refractivity contribution in [1.29, 1.82) is 0 Å². The maximum atomic E-state index is 13.0. The Morgan fingerprint density at radius 1 is 1.12 bits per heavy atom. The number of sulfonamides is 1. The van der Waals surface area contributed by atoms with Crippen LogP contribution >= 0.6 is 11.6 Å². The van der Waals surface area contributed by atoms with Gasteiger partial charge in [-0.3, -0.25) is 0 Å². The van der Waals surface area contributed by atoms with Gasteiger partial charge in [-0.05, 0) is 54.8 Å². The molecule has 3 rings (SSSR count). The number of nitrogens with zero attached hydrogens (tertiary/aromatic N) is 1. The van der Waals surface area contributed by atoms with E-state index in [1.807, 2.05) is 19.1 Å². The minimum Gasteiger partial charge on any atom is -0.493 e. The average Bonchev–Trinajstić information content (AvgIpc) is 2.60. The van der Waals surface area contributed by atoms with Crippen LogP contribution in [0.15, 0.2) is 41.3 Å². The number of halogens is 1. The summed E-state index contributed by atoms with van der Waals surface area (Å²) >= 11 is 5.97. The Morgan fingerprint density at radius 2 is 1.80 bits per heavy atom. The van der Waals surface area contributed by atoms with Crippen LogP contribution in [-0.2, 0) is 16.4 Å². The minimum atomic E-state index is -3.63. The van der Waals surface area contributed by atoms with Crippen LogP contribution in [0.2, 0.25) is 5.02 Å². The van der Waals surface area contributed by atoms with Crippen LogP contribution in [0.3, 0.4) is 0 Å². The summed E-state index contributed by atoms with van der Waals surface area (Å²) in [4.78, 5) is 0.204. The predicted octanol–water partition coefficient (Wildman–Crippen LogP) is 3.67. The van der Waals surface area contributed by atoms with Crippen molar-refractivity contribution in [3.8, 4) is 11.5 Å². The lowest BCUT2D eigenvalue weighted by atomic mass is 9.94. The molecule has 25 heavy (non-hydrogen) atoms. The highest BCUT2D eigenvalue weighted by atomic mass is 35.5. The Bertz CT molecular complexity index is 898.